The molecule has 2 aromatic carbocycles. The molecular weight excluding hydrogens is 439 g/mol. The zero-order chi connectivity index (χ0) is 22.3. The maximum atomic E-state index is 13.1. The second-order valence-corrected chi connectivity index (χ2v) is 9.34. The molecule has 0 fully saturated rings. The number of carbonyl (C=O) groups is 2. The minimum atomic E-state index is -0.646. The van der Waals surface area contributed by atoms with E-state index in [1.54, 1.807) is 30.0 Å². The second kappa shape index (κ2) is 11.6. The quantitative estimate of drug-likeness (QED) is 0.532. The summed E-state index contributed by atoms with van der Waals surface area (Å²) in [5, 5.41) is 3.83. The first-order chi connectivity index (χ1) is 14.2. The lowest BCUT2D eigenvalue weighted by atomic mass is 10.1. The van der Waals surface area contributed by atoms with E-state index in [-0.39, 0.29) is 30.2 Å². The van der Waals surface area contributed by atoms with Gasteiger partial charge in [0.2, 0.25) is 11.8 Å². The number of hydrogen-bond donors (Lipinski definition) is 1. The number of rotatable bonds is 9. The van der Waals surface area contributed by atoms with Crippen LogP contribution in [0.15, 0.2) is 42.5 Å². The van der Waals surface area contributed by atoms with E-state index in [1.165, 1.54) is 22.9 Å². The van der Waals surface area contributed by atoms with Crippen molar-refractivity contribution in [3.63, 3.8) is 0 Å². The van der Waals surface area contributed by atoms with Gasteiger partial charge in [0.15, 0.2) is 0 Å². The highest BCUT2D eigenvalue weighted by atomic mass is 35.5. The maximum absolute atomic E-state index is 13.1. The minimum Gasteiger partial charge on any atom is -0.352 e. The van der Waals surface area contributed by atoms with Crippen LogP contribution in [0.2, 0.25) is 10.0 Å². The third-order valence-corrected chi connectivity index (χ3v) is 6.26. The van der Waals surface area contributed by atoms with Gasteiger partial charge in [-0.3, -0.25) is 9.59 Å². The summed E-state index contributed by atoms with van der Waals surface area (Å²) in [7, 11) is 0. The van der Waals surface area contributed by atoms with Crippen LogP contribution in [-0.4, -0.2) is 34.6 Å². The van der Waals surface area contributed by atoms with Gasteiger partial charge in [-0.15, -0.1) is 11.8 Å². The molecule has 0 unspecified atom stereocenters. The fraction of sp³-hybridized carbons (Fsp3) is 0.391. The van der Waals surface area contributed by atoms with Gasteiger partial charge in [0.05, 0.1) is 5.75 Å². The summed E-state index contributed by atoms with van der Waals surface area (Å²) >= 11 is 14.2. The Labute approximate surface area is 193 Å². The molecule has 1 N–H and O–H groups in total. The average Bonchev–Trinajstić information content (AvgIpc) is 2.66. The molecule has 0 spiro atoms. The topological polar surface area (TPSA) is 49.4 Å². The monoisotopic (exact) mass is 466 g/mol. The van der Waals surface area contributed by atoms with E-state index in [9.17, 15) is 9.59 Å². The van der Waals surface area contributed by atoms with Crippen molar-refractivity contribution in [2.24, 2.45) is 0 Å². The molecule has 0 heterocycles. The molecule has 30 heavy (non-hydrogen) atoms. The van der Waals surface area contributed by atoms with E-state index in [1.807, 2.05) is 39.0 Å². The van der Waals surface area contributed by atoms with Crippen LogP contribution in [0.25, 0.3) is 0 Å². The normalized spacial score (nSPS) is 12.0. The zero-order valence-corrected chi connectivity index (χ0v) is 20.1. The van der Waals surface area contributed by atoms with E-state index in [4.69, 9.17) is 23.2 Å². The summed E-state index contributed by atoms with van der Waals surface area (Å²) in [6, 6.07) is 12.8. The fourth-order valence-corrected chi connectivity index (χ4v) is 4.36. The third kappa shape index (κ3) is 7.22. The molecule has 7 heteroatoms. The molecule has 0 aliphatic heterocycles. The van der Waals surface area contributed by atoms with E-state index in [2.05, 4.69) is 11.4 Å². The molecule has 0 aliphatic carbocycles. The molecule has 4 nitrogen and oxygen atoms in total. The van der Waals surface area contributed by atoms with Crippen LogP contribution >= 0.6 is 35.0 Å². The fourth-order valence-electron chi connectivity index (χ4n) is 2.98. The van der Waals surface area contributed by atoms with Crippen molar-refractivity contribution in [1.29, 1.82) is 0 Å². The first-order valence-corrected chi connectivity index (χ1v) is 11.8. The van der Waals surface area contributed by atoms with Gasteiger partial charge in [-0.1, -0.05) is 59.1 Å². The van der Waals surface area contributed by atoms with Crippen LogP contribution in [0, 0.1) is 6.92 Å². The molecule has 2 rings (SSSR count). The van der Waals surface area contributed by atoms with Crippen molar-refractivity contribution < 1.29 is 9.59 Å². The Kier molecular flexibility index (Phi) is 9.53. The van der Waals surface area contributed by atoms with Crippen molar-refractivity contribution in [1.82, 2.24) is 10.2 Å². The van der Waals surface area contributed by atoms with Gasteiger partial charge in [0, 0.05) is 33.9 Å². The Morgan fingerprint density at radius 2 is 1.70 bits per heavy atom. The molecule has 0 bridgehead atoms. The first-order valence-electron chi connectivity index (χ1n) is 9.85. The van der Waals surface area contributed by atoms with Crippen LogP contribution in [-0.2, 0) is 21.9 Å². The molecule has 0 saturated carbocycles. The number of carbonyl (C=O) groups excluding carboxylic acids is 2. The van der Waals surface area contributed by atoms with Crippen molar-refractivity contribution in [2.45, 2.75) is 52.1 Å². The smallest absolute Gasteiger partial charge is 0.242 e. The molecule has 0 radical (unpaired) electrons. The molecule has 0 saturated heterocycles. The van der Waals surface area contributed by atoms with Gasteiger partial charge in [-0.2, -0.15) is 0 Å². The van der Waals surface area contributed by atoms with Gasteiger partial charge in [-0.25, -0.2) is 0 Å². The van der Waals surface area contributed by atoms with Crippen LogP contribution in [0.3, 0.4) is 0 Å². The summed E-state index contributed by atoms with van der Waals surface area (Å²) in [5.74, 6) is 0.649. The third-order valence-electron chi connectivity index (χ3n) is 4.57. The van der Waals surface area contributed by atoms with Crippen molar-refractivity contribution in [3.8, 4) is 0 Å². The van der Waals surface area contributed by atoms with E-state index in [0.29, 0.717) is 15.6 Å². The summed E-state index contributed by atoms with van der Waals surface area (Å²) in [4.78, 5) is 27.3. The number of nitrogens with one attached hydrogen (secondary N) is 1. The molecule has 2 aromatic rings. The Morgan fingerprint density at radius 1 is 1.07 bits per heavy atom. The van der Waals surface area contributed by atoms with Gasteiger partial charge in [-0.05, 0) is 45.4 Å². The largest absolute Gasteiger partial charge is 0.352 e. The molecule has 2 amide bonds. The predicted octanol–water partition coefficient (Wildman–Crippen LogP) is 5.48. The van der Waals surface area contributed by atoms with Crippen LogP contribution in [0.1, 0.15) is 37.5 Å². The molecule has 0 aliphatic rings. The number of nitrogens with zero attached hydrogens (tertiary/aromatic N) is 1. The molecular formula is C23H28Cl2N2O2S. The first kappa shape index (κ1) is 24.6. The Bertz CT molecular complexity index is 869. The zero-order valence-electron chi connectivity index (χ0n) is 17.7. The van der Waals surface area contributed by atoms with E-state index in [0.717, 1.165) is 5.75 Å². The lowest BCUT2D eigenvalue weighted by Crippen LogP contribution is -2.49. The lowest BCUT2D eigenvalue weighted by Gasteiger charge is -2.30. The minimum absolute atomic E-state index is 0.0171. The number of halogens is 2. The highest BCUT2D eigenvalue weighted by Crippen LogP contribution is 2.27. The van der Waals surface area contributed by atoms with Crippen molar-refractivity contribution in [3.05, 3.63) is 69.2 Å². The Morgan fingerprint density at radius 3 is 2.30 bits per heavy atom. The van der Waals surface area contributed by atoms with E-state index < -0.39 is 6.04 Å². The summed E-state index contributed by atoms with van der Waals surface area (Å²) in [6.07, 6.45) is 0. The molecule has 1 atom stereocenters. The highest BCUT2D eigenvalue weighted by molar-refractivity contribution is 7.99. The average molecular weight is 467 g/mol. The van der Waals surface area contributed by atoms with Crippen molar-refractivity contribution >= 4 is 46.8 Å². The van der Waals surface area contributed by atoms with Crippen LogP contribution in [0.5, 0.6) is 0 Å². The van der Waals surface area contributed by atoms with Gasteiger partial charge in [0.1, 0.15) is 6.04 Å². The Balaban J connectivity index is 2.14. The van der Waals surface area contributed by atoms with E-state index >= 15 is 0 Å². The summed E-state index contributed by atoms with van der Waals surface area (Å²) < 4.78 is 0. The number of aryl methyl sites for hydroxylation is 1. The van der Waals surface area contributed by atoms with Crippen LogP contribution in [0.4, 0.5) is 0 Å². The lowest BCUT2D eigenvalue weighted by molar-refractivity contribution is -0.138. The predicted molar refractivity (Wildman–Crippen MR) is 127 cm³/mol. The number of thioether (sulfide) groups is 1. The van der Waals surface area contributed by atoms with Crippen molar-refractivity contribution in [2.75, 3.05) is 5.75 Å². The summed E-state index contributed by atoms with van der Waals surface area (Å²) in [5.41, 5.74) is 2.99. The SMILES string of the molecule is Cc1cccc(CSCC(=O)N(Cc2c(Cl)cccc2Cl)[C@@H](C)C(=O)NC(C)C)c1. The number of amides is 2. The second-order valence-electron chi connectivity index (χ2n) is 7.54. The van der Waals surface area contributed by atoms with Gasteiger partial charge >= 0.3 is 0 Å². The van der Waals surface area contributed by atoms with Crippen LogP contribution < -0.4 is 5.32 Å². The summed E-state index contributed by atoms with van der Waals surface area (Å²) in [6.45, 7) is 7.73. The number of benzene rings is 2. The van der Waals surface area contributed by atoms with Gasteiger partial charge < -0.3 is 10.2 Å². The standard InChI is InChI=1S/C23H28Cl2N2O2S/c1-15(2)26-23(29)17(4)27(12-19-20(24)9-6-10-21(19)25)22(28)14-30-13-18-8-5-7-16(3)11-18/h5-11,15,17H,12-14H2,1-4H3,(H,26,29)/t17-/m0/s1. The Hall–Kier alpha value is -1.69. The molecule has 162 valence electrons. The van der Waals surface area contributed by atoms with Gasteiger partial charge in [0.25, 0.3) is 0 Å². The maximum Gasteiger partial charge on any atom is 0.242 e. The highest BCUT2D eigenvalue weighted by Gasteiger charge is 2.27. The molecule has 0 aromatic heterocycles. The number of hydrogen-bond acceptors (Lipinski definition) is 3.